The van der Waals surface area contributed by atoms with Crippen molar-refractivity contribution in [1.29, 1.82) is 0 Å². The summed E-state index contributed by atoms with van der Waals surface area (Å²) in [6, 6.07) is 17.6. The van der Waals surface area contributed by atoms with Gasteiger partial charge in [0, 0.05) is 32.1 Å². The zero-order valence-corrected chi connectivity index (χ0v) is 19.0. The van der Waals surface area contributed by atoms with Gasteiger partial charge in [0.2, 0.25) is 0 Å². The second-order valence-corrected chi connectivity index (χ2v) is 8.33. The Labute approximate surface area is 191 Å². The molecule has 2 aromatic carbocycles. The van der Waals surface area contributed by atoms with Crippen molar-refractivity contribution >= 4 is 22.4 Å². The first-order valence-electron chi connectivity index (χ1n) is 9.81. The largest absolute Gasteiger partial charge is 1.00 e. The van der Waals surface area contributed by atoms with Gasteiger partial charge in [-0.15, -0.1) is 11.3 Å². The summed E-state index contributed by atoms with van der Waals surface area (Å²) in [5, 5.41) is 16.0. The number of hydrogen-bond acceptors (Lipinski definition) is 5. The highest BCUT2D eigenvalue weighted by atomic mass is 35.5. The highest BCUT2D eigenvalue weighted by Gasteiger charge is 2.13. The molecule has 31 heavy (non-hydrogen) atoms. The Hall–Kier alpha value is -2.58. The summed E-state index contributed by atoms with van der Waals surface area (Å²) in [5.74, 6) is 0.712. The number of aryl methyl sites for hydroxylation is 2. The third kappa shape index (κ3) is 5.19. The van der Waals surface area contributed by atoms with Gasteiger partial charge in [-0.25, -0.2) is 4.79 Å². The average molecular weight is 459 g/mol. The van der Waals surface area contributed by atoms with Crippen LogP contribution in [0.2, 0.25) is 0 Å². The van der Waals surface area contributed by atoms with E-state index in [0.29, 0.717) is 5.75 Å². The molecule has 0 saturated carbocycles. The quantitative estimate of drug-likeness (QED) is 0.400. The Morgan fingerprint density at radius 3 is 2.48 bits per heavy atom. The van der Waals surface area contributed by atoms with Crippen molar-refractivity contribution in [3.63, 3.8) is 0 Å². The zero-order chi connectivity index (χ0) is 21.1. The number of aliphatic hydroxyl groups excluding tert-OH is 1. The molecule has 0 saturated heterocycles. The van der Waals surface area contributed by atoms with Crippen molar-refractivity contribution in [2.45, 2.75) is 19.2 Å². The molecule has 4 aromatic rings. The molecule has 8 heteroatoms. The van der Waals surface area contributed by atoms with Crippen LogP contribution in [0.4, 0.5) is 0 Å². The Morgan fingerprint density at radius 2 is 1.77 bits per heavy atom. The topological polar surface area (TPSA) is 68.4 Å². The molecular formula is C23H25ClN3O3S-. The van der Waals surface area contributed by atoms with Crippen LogP contribution in [-0.4, -0.2) is 20.8 Å². The fraction of sp³-hybridized carbons (Fsp3) is 0.261. The molecule has 2 heterocycles. The summed E-state index contributed by atoms with van der Waals surface area (Å²) >= 11 is 1.75. The van der Waals surface area contributed by atoms with E-state index in [9.17, 15) is 9.90 Å². The van der Waals surface area contributed by atoms with Crippen LogP contribution < -0.4 is 28.2 Å². The van der Waals surface area contributed by atoms with Crippen LogP contribution in [-0.2, 0) is 27.2 Å². The van der Waals surface area contributed by atoms with Crippen LogP contribution in [0.5, 0.6) is 5.75 Å². The highest BCUT2D eigenvalue weighted by Crippen LogP contribution is 2.21. The molecule has 0 aliphatic heterocycles. The monoisotopic (exact) mass is 458 g/mol. The number of rotatable bonds is 8. The first kappa shape index (κ1) is 23.1. The van der Waals surface area contributed by atoms with E-state index in [1.165, 1.54) is 10.4 Å². The smallest absolute Gasteiger partial charge is 0.328 e. The summed E-state index contributed by atoms with van der Waals surface area (Å²) < 4.78 is 8.95. The van der Waals surface area contributed by atoms with E-state index in [4.69, 9.17) is 4.74 Å². The van der Waals surface area contributed by atoms with Crippen molar-refractivity contribution in [2.75, 3.05) is 6.61 Å². The summed E-state index contributed by atoms with van der Waals surface area (Å²) in [5.41, 5.74) is 3.44. The molecule has 1 atom stereocenters. The number of aromatic nitrogens is 2. The molecule has 0 bridgehead atoms. The number of thiophene rings is 1. The van der Waals surface area contributed by atoms with E-state index >= 15 is 0 Å². The van der Waals surface area contributed by atoms with Gasteiger partial charge in [-0.2, -0.15) is 0 Å². The molecule has 0 fully saturated rings. The molecule has 1 unspecified atom stereocenters. The Kier molecular flexibility index (Phi) is 7.56. The van der Waals surface area contributed by atoms with Crippen LogP contribution >= 0.6 is 11.3 Å². The third-order valence-corrected chi connectivity index (χ3v) is 6.10. The SMILES string of the molecule is Cn1c(=O)n(C)c2cc(C(O)COc3ccc(CNCc4cccs4)cc3)ccc21.[Cl-]. The zero-order valence-electron chi connectivity index (χ0n) is 17.4. The highest BCUT2D eigenvalue weighted by molar-refractivity contribution is 7.09. The van der Waals surface area contributed by atoms with Gasteiger partial charge in [0.05, 0.1) is 11.0 Å². The lowest BCUT2D eigenvalue weighted by atomic mass is 10.1. The van der Waals surface area contributed by atoms with Gasteiger partial charge in [-0.05, 0) is 46.8 Å². The maximum absolute atomic E-state index is 12.1. The van der Waals surface area contributed by atoms with E-state index in [-0.39, 0.29) is 24.7 Å². The minimum absolute atomic E-state index is 0. The summed E-state index contributed by atoms with van der Waals surface area (Å²) in [4.78, 5) is 13.4. The predicted octanol–water partition coefficient (Wildman–Crippen LogP) is 0.345. The molecule has 6 nitrogen and oxygen atoms in total. The van der Waals surface area contributed by atoms with Crippen molar-refractivity contribution in [2.24, 2.45) is 14.1 Å². The van der Waals surface area contributed by atoms with E-state index in [1.54, 1.807) is 34.6 Å². The molecule has 2 N–H and O–H groups in total. The number of hydrogen-bond donors (Lipinski definition) is 2. The minimum Gasteiger partial charge on any atom is -1.00 e. The van der Waals surface area contributed by atoms with Crippen LogP contribution in [0.1, 0.15) is 22.1 Å². The van der Waals surface area contributed by atoms with E-state index < -0.39 is 6.10 Å². The van der Waals surface area contributed by atoms with Crippen LogP contribution in [0, 0.1) is 0 Å². The number of halogens is 1. The first-order valence-corrected chi connectivity index (χ1v) is 10.7. The van der Waals surface area contributed by atoms with Gasteiger partial charge < -0.3 is 27.6 Å². The number of nitrogens with zero attached hydrogens (tertiary/aromatic N) is 2. The lowest BCUT2D eigenvalue weighted by Crippen LogP contribution is -3.00. The summed E-state index contributed by atoms with van der Waals surface area (Å²) in [6.45, 7) is 1.79. The van der Waals surface area contributed by atoms with Crippen molar-refractivity contribution in [3.8, 4) is 5.75 Å². The molecule has 2 aromatic heterocycles. The molecular weight excluding hydrogens is 434 g/mol. The van der Waals surface area contributed by atoms with Gasteiger partial charge in [0.1, 0.15) is 18.5 Å². The van der Waals surface area contributed by atoms with E-state index in [2.05, 4.69) is 22.8 Å². The Balaban J connectivity index is 0.00000272. The molecule has 0 radical (unpaired) electrons. The lowest BCUT2D eigenvalue weighted by Gasteiger charge is -2.13. The number of imidazole rings is 1. The van der Waals surface area contributed by atoms with Gasteiger partial charge in [-0.1, -0.05) is 24.3 Å². The first-order chi connectivity index (χ1) is 14.5. The molecule has 0 amide bonds. The van der Waals surface area contributed by atoms with Crippen molar-refractivity contribution in [3.05, 3.63) is 86.5 Å². The normalized spacial score (nSPS) is 12.0. The fourth-order valence-corrected chi connectivity index (χ4v) is 4.12. The summed E-state index contributed by atoms with van der Waals surface area (Å²) in [6.07, 6.45) is -0.781. The lowest BCUT2D eigenvalue weighted by molar-refractivity contribution is -0.00000772. The Morgan fingerprint density at radius 1 is 1.03 bits per heavy atom. The fourth-order valence-electron chi connectivity index (χ4n) is 3.45. The predicted molar refractivity (Wildman–Crippen MR) is 120 cm³/mol. The third-order valence-electron chi connectivity index (χ3n) is 5.22. The van der Waals surface area contributed by atoms with Gasteiger partial charge >= 0.3 is 5.69 Å². The average Bonchev–Trinajstić information content (AvgIpc) is 3.36. The maximum atomic E-state index is 12.1. The molecule has 164 valence electrons. The molecule has 0 aliphatic carbocycles. The van der Waals surface area contributed by atoms with Crippen molar-refractivity contribution < 1.29 is 22.3 Å². The van der Waals surface area contributed by atoms with E-state index in [1.807, 2.05) is 42.5 Å². The van der Waals surface area contributed by atoms with Gasteiger partial charge in [0.25, 0.3) is 0 Å². The number of ether oxygens (including phenoxy) is 1. The molecule has 4 rings (SSSR count). The second kappa shape index (κ2) is 10.2. The van der Waals surface area contributed by atoms with Crippen LogP contribution in [0.15, 0.2) is 64.8 Å². The standard InChI is InChI=1S/C23H25N3O3S.ClH/c1-25-20-10-7-17(12-21(20)26(2)23(25)28)22(27)15-29-18-8-5-16(6-9-18)13-24-14-19-4-3-11-30-19;/h3-12,22,24,27H,13-15H2,1-2H3;1H/p-1. The summed E-state index contributed by atoms with van der Waals surface area (Å²) in [7, 11) is 3.47. The maximum Gasteiger partial charge on any atom is 0.328 e. The minimum atomic E-state index is -0.781. The van der Waals surface area contributed by atoms with Gasteiger partial charge in [-0.3, -0.25) is 9.13 Å². The van der Waals surface area contributed by atoms with Crippen LogP contribution in [0.3, 0.4) is 0 Å². The van der Waals surface area contributed by atoms with Gasteiger partial charge in [0.15, 0.2) is 0 Å². The number of benzene rings is 2. The molecule has 0 spiro atoms. The van der Waals surface area contributed by atoms with Crippen LogP contribution in [0.25, 0.3) is 11.0 Å². The second-order valence-electron chi connectivity index (χ2n) is 7.30. The van der Waals surface area contributed by atoms with Crippen molar-refractivity contribution in [1.82, 2.24) is 14.5 Å². The number of fused-ring (bicyclic) bond motifs is 1. The number of nitrogens with one attached hydrogen (secondary N) is 1. The molecule has 0 aliphatic rings. The Bertz CT molecular complexity index is 1180. The van der Waals surface area contributed by atoms with E-state index in [0.717, 1.165) is 29.7 Å². The number of aliphatic hydroxyl groups is 1.